The second kappa shape index (κ2) is 1.20. The molecule has 3 nitrogen and oxygen atoms in total. The number of oxime groups is 1. The molecule has 0 bridgehead atoms. The SMILES string of the molecule is CC1(C)C=NOO1. The molecule has 1 rings (SSSR count). The van der Waals surface area contributed by atoms with Gasteiger partial charge in [-0.15, -0.1) is 0 Å². The summed E-state index contributed by atoms with van der Waals surface area (Å²) in [5.41, 5.74) is -0.319. The highest BCUT2D eigenvalue weighted by molar-refractivity contribution is 5.67. The van der Waals surface area contributed by atoms with Gasteiger partial charge in [-0.05, 0) is 13.8 Å². The summed E-state index contributed by atoms with van der Waals surface area (Å²) >= 11 is 0. The Kier molecular flexibility index (Phi) is 0.785. The molecule has 0 aromatic heterocycles. The van der Waals surface area contributed by atoms with E-state index in [1.807, 2.05) is 13.8 Å². The van der Waals surface area contributed by atoms with Gasteiger partial charge in [0, 0.05) is 0 Å². The highest BCUT2D eigenvalue weighted by Crippen LogP contribution is 2.11. The minimum absolute atomic E-state index is 0.319. The highest BCUT2D eigenvalue weighted by atomic mass is 17.3. The second-order valence-corrected chi connectivity index (χ2v) is 2.00. The second-order valence-electron chi connectivity index (χ2n) is 2.00. The Labute approximate surface area is 41.8 Å². The Morgan fingerprint density at radius 1 is 1.57 bits per heavy atom. The van der Waals surface area contributed by atoms with Gasteiger partial charge in [-0.2, -0.15) is 4.89 Å². The Balaban J connectivity index is 2.57. The van der Waals surface area contributed by atoms with Crippen molar-refractivity contribution in [3.63, 3.8) is 0 Å². The zero-order chi connectivity index (χ0) is 5.33. The van der Waals surface area contributed by atoms with Crippen LogP contribution in [0.4, 0.5) is 0 Å². The van der Waals surface area contributed by atoms with Crippen molar-refractivity contribution in [1.82, 2.24) is 0 Å². The van der Waals surface area contributed by atoms with Crippen LogP contribution in [0.15, 0.2) is 5.16 Å². The Morgan fingerprint density at radius 3 is 2.43 bits per heavy atom. The topological polar surface area (TPSA) is 30.8 Å². The molecule has 0 N–H and O–H groups in total. The van der Waals surface area contributed by atoms with Crippen LogP contribution in [-0.4, -0.2) is 11.8 Å². The first-order valence-electron chi connectivity index (χ1n) is 2.10. The van der Waals surface area contributed by atoms with Crippen molar-refractivity contribution >= 4 is 6.21 Å². The van der Waals surface area contributed by atoms with E-state index >= 15 is 0 Å². The van der Waals surface area contributed by atoms with E-state index in [1.165, 1.54) is 0 Å². The van der Waals surface area contributed by atoms with E-state index in [0.29, 0.717) is 0 Å². The molecule has 0 fully saturated rings. The molecule has 40 valence electrons. The molecule has 0 saturated carbocycles. The van der Waals surface area contributed by atoms with Crippen molar-refractivity contribution in [3.05, 3.63) is 0 Å². The van der Waals surface area contributed by atoms with Gasteiger partial charge in [0.15, 0.2) is 5.60 Å². The normalized spacial score (nSPS) is 24.9. The molecule has 1 heterocycles. The molecule has 7 heavy (non-hydrogen) atoms. The average molecular weight is 101 g/mol. The molecule has 0 saturated heterocycles. The zero-order valence-corrected chi connectivity index (χ0v) is 4.34. The van der Waals surface area contributed by atoms with Gasteiger partial charge in [0.2, 0.25) is 0 Å². The van der Waals surface area contributed by atoms with Crippen LogP contribution in [0.25, 0.3) is 0 Å². The molecule has 0 aliphatic carbocycles. The maximum atomic E-state index is 4.62. The lowest BCUT2D eigenvalue weighted by Gasteiger charge is -2.05. The largest absolute Gasteiger partial charge is 0.220 e. The lowest BCUT2D eigenvalue weighted by molar-refractivity contribution is -0.315. The fourth-order valence-corrected chi connectivity index (χ4v) is 0.288. The summed E-state index contributed by atoms with van der Waals surface area (Å²) in [6.07, 6.45) is 1.60. The molecule has 0 radical (unpaired) electrons. The van der Waals surface area contributed by atoms with Gasteiger partial charge < -0.3 is 0 Å². The van der Waals surface area contributed by atoms with Gasteiger partial charge in [0.05, 0.1) is 6.21 Å². The molecule has 0 atom stereocenters. The number of rotatable bonds is 0. The van der Waals surface area contributed by atoms with Crippen LogP contribution in [0, 0.1) is 0 Å². The minimum Gasteiger partial charge on any atom is -0.220 e. The monoisotopic (exact) mass is 101 g/mol. The summed E-state index contributed by atoms with van der Waals surface area (Å²) < 4.78 is 0. The predicted molar refractivity (Wildman–Crippen MR) is 24.7 cm³/mol. The van der Waals surface area contributed by atoms with Gasteiger partial charge in [-0.25, -0.2) is 4.99 Å². The van der Waals surface area contributed by atoms with Crippen LogP contribution in [0.2, 0.25) is 0 Å². The van der Waals surface area contributed by atoms with Crippen LogP contribution in [0.5, 0.6) is 0 Å². The van der Waals surface area contributed by atoms with E-state index in [-0.39, 0.29) is 5.60 Å². The van der Waals surface area contributed by atoms with E-state index < -0.39 is 0 Å². The van der Waals surface area contributed by atoms with Gasteiger partial charge in [0.25, 0.3) is 0 Å². The van der Waals surface area contributed by atoms with Crippen LogP contribution < -0.4 is 0 Å². The van der Waals surface area contributed by atoms with Crippen molar-refractivity contribution in [2.75, 3.05) is 0 Å². The first kappa shape index (κ1) is 4.59. The third kappa shape index (κ3) is 0.899. The van der Waals surface area contributed by atoms with Crippen LogP contribution >= 0.6 is 0 Å². The summed E-state index contributed by atoms with van der Waals surface area (Å²) in [7, 11) is 0. The summed E-state index contributed by atoms with van der Waals surface area (Å²) in [6.45, 7) is 3.73. The van der Waals surface area contributed by atoms with Gasteiger partial charge in [-0.1, -0.05) is 5.16 Å². The number of hydrogen-bond donors (Lipinski definition) is 0. The third-order valence-corrected chi connectivity index (χ3v) is 0.659. The summed E-state index contributed by atoms with van der Waals surface area (Å²) in [5, 5.41) is 3.39. The molecule has 0 aromatic carbocycles. The standard InChI is InChI=1S/C4H7NO2/c1-4(2)3-5-7-6-4/h3H,1-2H3. The highest BCUT2D eigenvalue weighted by Gasteiger charge is 2.22. The first-order chi connectivity index (χ1) is 3.21. The van der Waals surface area contributed by atoms with Crippen LogP contribution in [-0.2, 0) is 9.88 Å². The number of hydrogen-bond acceptors (Lipinski definition) is 3. The molecule has 0 spiro atoms. The number of nitrogens with zero attached hydrogens (tertiary/aromatic N) is 1. The van der Waals surface area contributed by atoms with Crippen molar-refractivity contribution < 1.29 is 9.88 Å². The third-order valence-electron chi connectivity index (χ3n) is 0.659. The van der Waals surface area contributed by atoms with E-state index in [0.717, 1.165) is 0 Å². The van der Waals surface area contributed by atoms with E-state index in [4.69, 9.17) is 0 Å². The van der Waals surface area contributed by atoms with Gasteiger partial charge >= 0.3 is 0 Å². The van der Waals surface area contributed by atoms with Crippen molar-refractivity contribution in [2.45, 2.75) is 19.4 Å². The Bertz CT molecular complexity index is 97.9. The van der Waals surface area contributed by atoms with E-state index in [2.05, 4.69) is 15.0 Å². The summed E-state index contributed by atoms with van der Waals surface area (Å²) in [4.78, 5) is 8.85. The Morgan fingerprint density at radius 2 is 2.29 bits per heavy atom. The summed E-state index contributed by atoms with van der Waals surface area (Å²) in [6, 6.07) is 0. The molecular formula is C4H7NO2. The van der Waals surface area contributed by atoms with Gasteiger partial charge in [-0.3, -0.25) is 0 Å². The fraction of sp³-hybridized carbons (Fsp3) is 0.750. The molecule has 0 aromatic rings. The lowest BCUT2D eigenvalue weighted by atomic mass is 10.2. The van der Waals surface area contributed by atoms with Crippen molar-refractivity contribution in [3.8, 4) is 0 Å². The molecule has 0 amide bonds. The van der Waals surface area contributed by atoms with Crippen LogP contribution in [0.1, 0.15) is 13.8 Å². The quantitative estimate of drug-likeness (QED) is 0.421. The van der Waals surface area contributed by atoms with Crippen LogP contribution in [0.3, 0.4) is 0 Å². The molecule has 3 heteroatoms. The summed E-state index contributed by atoms with van der Waals surface area (Å²) in [5.74, 6) is 0. The minimum atomic E-state index is -0.319. The molecular weight excluding hydrogens is 94.0 g/mol. The van der Waals surface area contributed by atoms with Gasteiger partial charge in [0.1, 0.15) is 0 Å². The maximum Gasteiger partial charge on any atom is 0.150 e. The van der Waals surface area contributed by atoms with E-state index in [9.17, 15) is 0 Å². The Hall–Kier alpha value is -0.570. The maximum absolute atomic E-state index is 4.62. The van der Waals surface area contributed by atoms with Crippen molar-refractivity contribution in [1.29, 1.82) is 0 Å². The zero-order valence-electron chi connectivity index (χ0n) is 4.34. The lowest BCUT2D eigenvalue weighted by Crippen LogP contribution is -2.19. The molecule has 0 unspecified atom stereocenters. The predicted octanol–water partition coefficient (Wildman–Crippen LogP) is 0.713. The van der Waals surface area contributed by atoms with Crippen molar-refractivity contribution in [2.24, 2.45) is 5.16 Å². The average Bonchev–Trinajstić information content (AvgIpc) is 1.84. The molecule has 1 aliphatic heterocycles. The van der Waals surface area contributed by atoms with E-state index in [1.54, 1.807) is 6.21 Å². The fourth-order valence-electron chi connectivity index (χ4n) is 0.288. The first-order valence-corrected chi connectivity index (χ1v) is 2.10. The molecule has 1 aliphatic rings. The smallest absolute Gasteiger partial charge is 0.150 e.